The van der Waals surface area contributed by atoms with Crippen LogP contribution in [0, 0.1) is 11.3 Å². The second-order valence-corrected chi connectivity index (χ2v) is 5.62. The molecule has 0 saturated carbocycles. The molecule has 0 N–H and O–H groups in total. The van der Waals surface area contributed by atoms with Crippen LogP contribution in [0.3, 0.4) is 0 Å². The van der Waals surface area contributed by atoms with E-state index in [1.54, 1.807) is 12.1 Å². The Hall–Kier alpha value is -1.57. The number of fused-ring (bicyclic) bond motifs is 1. The van der Waals surface area contributed by atoms with E-state index in [4.69, 9.17) is 10.00 Å². The monoisotopic (exact) mass is 271 g/mol. The molecule has 0 radical (unpaired) electrons. The van der Waals surface area contributed by atoms with Gasteiger partial charge in [-0.15, -0.1) is 0 Å². The highest BCUT2D eigenvalue weighted by Crippen LogP contribution is 2.21. The summed E-state index contributed by atoms with van der Waals surface area (Å²) in [4.78, 5) is 5.12. The van der Waals surface area contributed by atoms with E-state index in [9.17, 15) is 0 Å². The highest BCUT2D eigenvalue weighted by Gasteiger charge is 2.30. The summed E-state index contributed by atoms with van der Waals surface area (Å²) in [5.74, 6) is 0.795. The van der Waals surface area contributed by atoms with Gasteiger partial charge in [0.2, 0.25) is 0 Å². The van der Waals surface area contributed by atoms with Crippen LogP contribution >= 0.6 is 0 Å². The summed E-state index contributed by atoms with van der Waals surface area (Å²) in [6.07, 6.45) is 2.71. The van der Waals surface area contributed by atoms with E-state index in [1.165, 1.54) is 32.5 Å². The lowest BCUT2D eigenvalue weighted by atomic mass is 10.1. The van der Waals surface area contributed by atoms with E-state index in [0.717, 1.165) is 24.9 Å². The van der Waals surface area contributed by atoms with Crippen molar-refractivity contribution in [2.45, 2.75) is 18.9 Å². The van der Waals surface area contributed by atoms with Crippen LogP contribution in [0.2, 0.25) is 0 Å². The van der Waals surface area contributed by atoms with Crippen molar-refractivity contribution in [3.8, 4) is 11.8 Å². The Balaban J connectivity index is 1.44. The molecule has 2 heterocycles. The molecule has 4 heteroatoms. The van der Waals surface area contributed by atoms with Crippen molar-refractivity contribution in [2.75, 3.05) is 39.3 Å². The maximum absolute atomic E-state index is 8.86. The summed E-state index contributed by atoms with van der Waals surface area (Å²) in [5.41, 5.74) is 0.655. The maximum atomic E-state index is 8.86. The number of rotatable bonds is 4. The van der Waals surface area contributed by atoms with Crippen LogP contribution in [0.4, 0.5) is 0 Å². The number of ether oxygens (including phenoxy) is 1. The largest absolute Gasteiger partial charge is 0.492 e. The van der Waals surface area contributed by atoms with Crippen LogP contribution in [0.15, 0.2) is 24.3 Å². The quantitative estimate of drug-likeness (QED) is 0.836. The summed E-state index contributed by atoms with van der Waals surface area (Å²) >= 11 is 0. The van der Waals surface area contributed by atoms with Gasteiger partial charge in [0.25, 0.3) is 0 Å². The molecule has 0 aromatic heterocycles. The van der Waals surface area contributed by atoms with Gasteiger partial charge in [-0.25, -0.2) is 0 Å². The van der Waals surface area contributed by atoms with Crippen molar-refractivity contribution in [2.24, 2.45) is 0 Å². The molecule has 1 aromatic carbocycles. The summed E-state index contributed by atoms with van der Waals surface area (Å²) < 4.78 is 5.76. The Bertz CT molecular complexity index is 497. The zero-order valence-corrected chi connectivity index (χ0v) is 11.8. The number of nitrogens with zero attached hydrogens (tertiary/aromatic N) is 3. The zero-order valence-electron chi connectivity index (χ0n) is 11.8. The van der Waals surface area contributed by atoms with Gasteiger partial charge in [-0.2, -0.15) is 5.26 Å². The predicted molar refractivity (Wildman–Crippen MR) is 77.7 cm³/mol. The fourth-order valence-corrected chi connectivity index (χ4v) is 3.21. The Kier molecular flexibility index (Phi) is 4.19. The first-order valence-electron chi connectivity index (χ1n) is 7.44. The molecule has 2 aliphatic rings. The van der Waals surface area contributed by atoms with Crippen LogP contribution < -0.4 is 4.74 Å². The Labute approximate surface area is 120 Å². The van der Waals surface area contributed by atoms with Crippen LogP contribution in [0.1, 0.15) is 18.4 Å². The van der Waals surface area contributed by atoms with Crippen LogP contribution in [0.5, 0.6) is 5.75 Å². The molecular formula is C16H21N3O. The first-order chi connectivity index (χ1) is 9.85. The first kappa shape index (κ1) is 13.4. The molecule has 1 atom stereocenters. The molecule has 1 unspecified atom stereocenters. The van der Waals surface area contributed by atoms with Gasteiger partial charge in [0.05, 0.1) is 11.6 Å². The van der Waals surface area contributed by atoms with Crippen molar-refractivity contribution in [3.63, 3.8) is 0 Å². The molecule has 3 rings (SSSR count). The number of hydrogen-bond acceptors (Lipinski definition) is 4. The lowest BCUT2D eigenvalue weighted by Gasteiger charge is -2.37. The van der Waals surface area contributed by atoms with E-state index in [0.29, 0.717) is 12.2 Å². The van der Waals surface area contributed by atoms with Crippen molar-refractivity contribution >= 4 is 0 Å². The minimum atomic E-state index is 0.655. The summed E-state index contributed by atoms with van der Waals surface area (Å²) in [6, 6.07) is 10.3. The Morgan fingerprint density at radius 3 is 3.15 bits per heavy atom. The molecule has 0 spiro atoms. The van der Waals surface area contributed by atoms with Gasteiger partial charge in [-0.1, -0.05) is 6.07 Å². The lowest BCUT2D eigenvalue weighted by Crippen LogP contribution is -2.50. The second kappa shape index (κ2) is 6.25. The highest BCUT2D eigenvalue weighted by atomic mass is 16.5. The van der Waals surface area contributed by atoms with Crippen LogP contribution in [-0.2, 0) is 0 Å². The topological polar surface area (TPSA) is 39.5 Å². The molecule has 0 amide bonds. The number of hydrogen-bond donors (Lipinski definition) is 0. The summed E-state index contributed by atoms with van der Waals surface area (Å²) in [7, 11) is 0. The van der Waals surface area contributed by atoms with E-state index in [-0.39, 0.29) is 0 Å². The molecular weight excluding hydrogens is 250 g/mol. The predicted octanol–water partition coefficient (Wildman–Crippen LogP) is 1.72. The lowest BCUT2D eigenvalue weighted by molar-refractivity contribution is 0.0923. The van der Waals surface area contributed by atoms with Gasteiger partial charge in [-0.3, -0.25) is 9.80 Å². The Morgan fingerprint density at radius 2 is 2.25 bits per heavy atom. The highest BCUT2D eigenvalue weighted by molar-refractivity contribution is 5.36. The van der Waals surface area contributed by atoms with E-state index in [1.807, 2.05) is 12.1 Å². The van der Waals surface area contributed by atoms with Gasteiger partial charge in [-0.05, 0) is 37.6 Å². The minimum absolute atomic E-state index is 0.655. The molecule has 1 aromatic rings. The van der Waals surface area contributed by atoms with E-state index >= 15 is 0 Å². The van der Waals surface area contributed by atoms with Crippen molar-refractivity contribution in [1.82, 2.24) is 9.80 Å². The summed E-state index contributed by atoms with van der Waals surface area (Å²) in [5, 5.41) is 8.86. The fraction of sp³-hybridized carbons (Fsp3) is 0.562. The van der Waals surface area contributed by atoms with Crippen LogP contribution in [0.25, 0.3) is 0 Å². The molecule has 106 valence electrons. The minimum Gasteiger partial charge on any atom is -0.492 e. The third-order valence-electron chi connectivity index (χ3n) is 4.31. The van der Waals surface area contributed by atoms with Crippen molar-refractivity contribution in [3.05, 3.63) is 29.8 Å². The normalized spacial score (nSPS) is 23.2. The first-order valence-corrected chi connectivity index (χ1v) is 7.44. The molecule has 0 bridgehead atoms. The Morgan fingerprint density at radius 1 is 1.30 bits per heavy atom. The molecule has 0 aliphatic carbocycles. The van der Waals surface area contributed by atoms with E-state index < -0.39 is 0 Å². The molecule has 2 aliphatic heterocycles. The van der Waals surface area contributed by atoms with Crippen LogP contribution in [-0.4, -0.2) is 55.2 Å². The molecule has 2 fully saturated rings. The zero-order chi connectivity index (χ0) is 13.8. The number of piperazine rings is 1. The van der Waals surface area contributed by atoms with Gasteiger partial charge in [0.1, 0.15) is 12.4 Å². The molecule has 4 nitrogen and oxygen atoms in total. The standard InChI is InChI=1S/C16H21N3O/c17-12-14-3-1-5-16(11-14)20-10-9-18-7-8-19-6-2-4-15(19)13-18/h1,3,5,11,15H,2,4,6-10,13H2. The fourth-order valence-electron chi connectivity index (χ4n) is 3.21. The van der Waals surface area contributed by atoms with Gasteiger partial charge in [0.15, 0.2) is 0 Å². The van der Waals surface area contributed by atoms with Crippen molar-refractivity contribution < 1.29 is 4.74 Å². The van der Waals surface area contributed by atoms with Gasteiger partial charge >= 0.3 is 0 Å². The van der Waals surface area contributed by atoms with Crippen molar-refractivity contribution in [1.29, 1.82) is 5.26 Å². The third-order valence-corrected chi connectivity index (χ3v) is 4.31. The van der Waals surface area contributed by atoms with Gasteiger partial charge in [0, 0.05) is 32.2 Å². The average Bonchev–Trinajstić information content (AvgIpc) is 2.95. The summed E-state index contributed by atoms with van der Waals surface area (Å²) in [6.45, 7) is 6.49. The second-order valence-electron chi connectivity index (χ2n) is 5.62. The molecule has 2 saturated heterocycles. The number of nitriles is 1. The number of benzene rings is 1. The maximum Gasteiger partial charge on any atom is 0.120 e. The SMILES string of the molecule is N#Cc1cccc(OCCN2CCN3CCCC3C2)c1. The smallest absolute Gasteiger partial charge is 0.120 e. The molecule has 20 heavy (non-hydrogen) atoms. The average molecular weight is 271 g/mol. The third kappa shape index (κ3) is 3.12. The van der Waals surface area contributed by atoms with E-state index in [2.05, 4.69) is 15.9 Å². The van der Waals surface area contributed by atoms with Gasteiger partial charge < -0.3 is 4.74 Å².